The number of nitrogens with one attached hydrogen (secondary N) is 1. The van der Waals surface area contributed by atoms with Crippen LogP contribution in [0.25, 0.3) is 0 Å². The molecule has 0 heterocycles. The summed E-state index contributed by atoms with van der Waals surface area (Å²) in [6, 6.07) is 21.9. The molecule has 2 amide bonds. The van der Waals surface area contributed by atoms with Gasteiger partial charge in [0.15, 0.2) is 0 Å². The summed E-state index contributed by atoms with van der Waals surface area (Å²) in [6.45, 7) is 11.2. The predicted molar refractivity (Wildman–Crippen MR) is 163 cm³/mol. The van der Waals surface area contributed by atoms with Crippen LogP contribution in [0.2, 0.25) is 0 Å². The van der Waals surface area contributed by atoms with E-state index in [2.05, 4.69) is 5.32 Å². The fourth-order valence-electron chi connectivity index (χ4n) is 4.29. The van der Waals surface area contributed by atoms with Gasteiger partial charge in [0, 0.05) is 12.1 Å². The third kappa shape index (κ3) is 8.82. The zero-order valence-electron chi connectivity index (χ0n) is 24.8. The molecule has 220 valence electrons. The summed E-state index contributed by atoms with van der Waals surface area (Å²) in [5.41, 5.74) is 1.74. The Bertz CT molecular complexity index is 1400. The number of anilines is 1. The smallest absolute Gasteiger partial charge is 0.264 e. The minimum absolute atomic E-state index is 0.0687. The first kappa shape index (κ1) is 31.7. The number of carbonyl (C=O) groups excluding carboxylic acids is 2. The summed E-state index contributed by atoms with van der Waals surface area (Å²) < 4.78 is 34.5. The van der Waals surface area contributed by atoms with Crippen molar-refractivity contribution >= 4 is 27.5 Å². The average molecular weight is 580 g/mol. The molecule has 0 aromatic heterocycles. The summed E-state index contributed by atoms with van der Waals surface area (Å²) in [5, 5.41) is 2.94. The maximum Gasteiger partial charge on any atom is 0.264 e. The molecule has 0 saturated heterocycles. The van der Waals surface area contributed by atoms with E-state index >= 15 is 0 Å². The van der Waals surface area contributed by atoms with E-state index in [9.17, 15) is 18.0 Å². The largest absolute Gasteiger partial charge is 0.494 e. The number of hydrogen-bond acceptors (Lipinski definition) is 5. The highest BCUT2D eigenvalue weighted by atomic mass is 32.2. The minimum atomic E-state index is -4.12. The molecule has 3 aromatic carbocycles. The van der Waals surface area contributed by atoms with Crippen LogP contribution in [0.3, 0.4) is 0 Å². The summed E-state index contributed by atoms with van der Waals surface area (Å²) in [4.78, 5) is 28.7. The number of carbonyl (C=O) groups is 2. The number of ether oxygens (including phenoxy) is 1. The van der Waals surface area contributed by atoms with E-state index in [0.717, 1.165) is 15.4 Å². The lowest BCUT2D eigenvalue weighted by Crippen LogP contribution is -2.55. The molecule has 0 bridgehead atoms. The molecule has 1 atom stereocenters. The van der Waals surface area contributed by atoms with Crippen molar-refractivity contribution in [3.63, 3.8) is 0 Å². The van der Waals surface area contributed by atoms with E-state index < -0.39 is 34.1 Å². The van der Waals surface area contributed by atoms with Gasteiger partial charge in [-0.1, -0.05) is 48.0 Å². The van der Waals surface area contributed by atoms with Gasteiger partial charge in [0.05, 0.1) is 17.2 Å². The zero-order valence-corrected chi connectivity index (χ0v) is 25.6. The summed E-state index contributed by atoms with van der Waals surface area (Å²) in [7, 11) is -4.12. The van der Waals surface area contributed by atoms with Crippen molar-refractivity contribution in [2.75, 3.05) is 24.0 Å². The Morgan fingerprint density at radius 2 is 1.54 bits per heavy atom. The fourth-order valence-corrected chi connectivity index (χ4v) is 5.70. The summed E-state index contributed by atoms with van der Waals surface area (Å²) in [5.74, 6) is -0.206. The maximum atomic E-state index is 14.0. The first-order chi connectivity index (χ1) is 19.3. The Morgan fingerprint density at radius 1 is 0.927 bits per heavy atom. The predicted octanol–water partition coefficient (Wildman–Crippen LogP) is 4.96. The van der Waals surface area contributed by atoms with Crippen LogP contribution in [-0.4, -0.2) is 56.4 Å². The number of hydrogen-bond donors (Lipinski definition) is 1. The number of nitrogens with zero attached hydrogens (tertiary/aromatic N) is 2. The second-order valence-corrected chi connectivity index (χ2v) is 12.9. The molecule has 0 radical (unpaired) electrons. The lowest BCUT2D eigenvalue weighted by atomic mass is 10.1. The van der Waals surface area contributed by atoms with Crippen LogP contribution in [0, 0.1) is 6.92 Å². The van der Waals surface area contributed by atoms with Gasteiger partial charge in [-0.25, -0.2) is 8.42 Å². The van der Waals surface area contributed by atoms with E-state index in [1.165, 1.54) is 17.0 Å². The van der Waals surface area contributed by atoms with Gasteiger partial charge in [-0.2, -0.15) is 0 Å². The van der Waals surface area contributed by atoms with Crippen LogP contribution in [0.4, 0.5) is 5.69 Å². The molecule has 9 heteroatoms. The lowest BCUT2D eigenvalue weighted by molar-refractivity contribution is -0.139. The van der Waals surface area contributed by atoms with Crippen molar-refractivity contribution in [2.45, 2.75) is 64.4 Å². The SMILES string of the molecule is CCOc1ccc(N(CC(=O)N(CCc2ccccc2)[C@@H](C)C(=O)NC(C)(C)C)S(=O)(=O)c2ccc(C)cc2)cc1. The Labute approximate surface area is 244 Å². The molecule has 41 heavy (non-hydrogen) atoms. The molecule has 0 saturated carbocycles. The highest BCUT2D eigenvalue weighted by Gasteiger charge is 2.33. The number of rotatable bonds is 12. The molecule has 1 N–H and O–H groups in total. The van der Waals surface area contributed by atoms with Crippen LogP contribution >= 0.6 is 0 Å². The molecule has 0 spiro atoms. The van der Waals surface area contributed by atoms with Crippen LogP contribution in [0.5, 0.6) is 5.75 Å². The normalized spacial score (nSPS) is 12.3. The van der Waals surface area contributed by atoms with E-state index in [-0.39, 0.29) is 17.3 Å². The second kappa shape index (κ2) is 13.7. The number of amides is 2. The number of sulfonamides is 1. The average Bonchev–Trinajstić information content (AvgIpc) is 2.92. The van der Waals surface area contributed by atoms with Gasteiger partial charge in [-0.15, -0.1) is 0 Å². The zero-order chi connectivity index (χ0) is 30.2. The van der Waals surface area contributed by atoms with Crippen molar-refractivity contribution in [1.29, 1.82) is 0 Å². The van der Waals surface area contributed by atoms with Crippen LogP contribution in [0.1, 0.15) is 45.7 Å². The Hall–Kier alpha value is -3.85. The van der Waals surface area contributed by atoms with Crippen molar-refractivity contribution in [1.82, 2.24) is 10.2 Å². The van der Waals surface area contributed by atoms with E-state index in [1.54, 1.807) is 43.3 Å². The van der Waals surface area contributed by atoms with Crippen molar-refractivity contribution in [3.8, 4) is 5.75 Å². The van der Waals surface area contributed by atoms with Gasteiger partial charge in [0.2, 0.25) is 11.8 Å². The third-order valence-electron chi connectivity index (χ3n) is 6.47. The lowest BCUT2D eigenvalue weighted by Gasteiger charge is -2.33. The van der Waals surface area contributed by atoms with E-state index in [0.29, 0.717) is 24.5 Å². The van der Waals surface area contributed by atoms with Crippen LogP contribution < -0.4 is 14.4 Å². The Balaban J connectivity index is 1.99. The Kier molecular flexibility index (Phi) is 10.6. The minimum Gasteiger partial charge on any atom is -0.494 e. The van der Waals surface area contributed by atoms with E-state index in [1.807, 2.05) is 65.0 Å². The van der Waals surface area contributed by atoms with Gasteiger partial charge >= 0.3 is 0 Å². The van der Waals surface area contributed by atoms with E-state index in [4.69, 9.17) is 4.74 Å². The van der Waals surface area contributed by atoms with Crippen LogP contribution in [-0.2, 0) is 26.0 Å². The van der Waals surface area contributed by atoms with Crippen molar-refractivity contribution in [2.24, 2.45) is 0 Å². The monoisotopic (exact) mass is 579 g/mol. The van der Waals surface area contributed by atoms with Crippen molar-refractivity contribution in [3.05, 3.63) is 90.0 Å². The first-order valence-electron chi connectivity index (χ1n) is 13.8. The van der Waals surface area contributed by atoms with Gasteiger partial charge in [0.1, 0.15) is 18.3 Å². The van der Waals surface area contributed by atoms with Gasteiger partial charge in [0.25, 0.3) is 10.0 Å². The molecule has 3 aromatic rings. The standard InChI is InChI=1S/C32H41N3O5S/c1-7-40-28-17-15-27(16-18-28)35(41(38,39)29-19-13-24(2)14-20-29)23-30(36)34(22-21-26-11-9-8-10-12-26)25(3)31(37)33-32(4,5)6/h8-20,25H,7,21-23H2,1-6H3,(H,33,37)/t25-/m0/s1. The molecule has 0 unspecified atom stereocenters. The first-order valence-corrected chi connectivity index (χ1v) is 15.2. The molecular weight excluding hydrogens is 538 g/mol. The topological polar surface area (TPSA) is 96.0 Å². The number of benzene rings is 3. The van der Waals surface area contributed by atoms with Gasteiger partial charge in [-0.05, 0) is 89.9 Å². The van der Waals surface area contributed by atoms with Crippen molar-refractivity contribution < 1.29 is 22.7 Å². The number of aryl methyl sites for hydroxylation is 1. The summed E-state index contributed by atoms with van der Waals surface area (Å²) >= 11 is 0. The second-order valence-electron chi connectivity index (χ2n) is 11.0. The quantitative estimate of drug-likeness (QED) is 0.327. The highest BCUT2D eigenvalue weighted by molar-refractivity contribution is 7.92. The molecule has 3 rings (SSSR count). The fraction of sp³-hybridized carbons (Fsp3) is 0.375. The molecule has 8 nitrogen and oxygen atoms in total. The molecule has 0 aliphatic carbocycles. The molecule has 0 aliphatic heterocycles. The third-order valence-corrected chi connectivity index (χ3v) is 8.26. The summed E-state index contributed by atoms with van der Waals surface area (Å²) in [6.07, 6.45) is 0.507. The Morgan fingerprint density at radius 3 is 2.10 bits per heavy atom. The molecule has 0 fully saturated rings. The van der Waals surface area contributed by atoms with Gasteiger partial charge < -0.3 is 15.0 Å². The molecular formula is C32H41N3O5S. The highest BCUT2D eigenvalue weighted by Crippen LogP contribution is 2.27. The maximum absolute atomic E-state index is 14.0. The van der Waals surface area contributed by atoms with Crippen LogP contribution in [0.15, 0.2) is 83.8 Å². The van der Waals surface area contributed by atoms with Gasteiger partial charge in [-0.3, -0.25) is 13.9 Å². The molecule has 0 aliphatic rings.